The predicted molar refractivity (Wildman–Crippen MR) is 73.2 cm³/mol. The van der Waals surface area contributed by atoms with Gasteiger partial charge in [-0.1, -0.05) is 0 Å². The SMILES string of the molecule is Cl.N#Cc1ccc(N=C(N)N=C(N)N)c(Br)c1. The fourth-order valence-electron chi connectivity index (χ4n) is 0.948. The highest BCUT2D eigenvalue weighted by molar-refractivity contribution is 9.10. The molecule has 0 aliphatic carbocycles. The number of nitriles is 1. The molecule has 0 aromatic heterocycles. The van der Waals surface area contributed by atoms with Gasteiger partial charge in [0.1, 0.15) is 0 Å². The Morgan fingerprint density at radius 3 is 2.41 bits per heavy atom. The van der Waals surface area contributed by atoms with Crippen molar-refractivity contribution in [3.8, 4) is 6.07 Å². The molecule has 0 heterocycles. The fraction of sp³-hybridized carbons (Fsp3) is 0. The van der Waals surface area contributed by atoms with Gasteiger partial charge in [-0.15, -0.1) is 12.4 Å². The summed E-state index contributed by atoms with van der Waals surface area (Å²) in [6, 6.07) is 6.88. The summed E-state index contributed by atoms with van der Waals surface area (Å²) in [5, 5.41) is 8.67. The molecule has 0 saturated heterocycles. The van der Waals surface area contributed by atoms with Gasteiger partial charge in [-0.2, -0.15) is 10.3 Å². The third kappa shape index (κ3) is 4.72. The number of aliphatic imine (C=N–C) groups is 2. The number of halogens is 2. The third-order valence-electron chi connectivity index (χ3n) is 1.56. The number of hydrogen-bond acceptors (Lipinski definition) is 2. The van der Waals surface area contributed by atoms with E-state index in [9.17, 15) is 0 Å². The number of hydrogen-bond donors (Lipinski definition) is 3. The van der Waals surface area contributed by atoms with Crippen LogP contribution >= 0.6 is 28.3 Å². The van der Waals surface area contributed by atoms with E-state index in [1.165, 1.54) is 0 Å². The van der Waals surface area contributed by atoms with Crippen molar-refractivity contribution in [3.63, 3.8) is 0 Å². The van der Waals surface area contributed by atoms with Crippen LogP contribution in [-0.2, 0) is 0 Å². The van der Waals surface area contributed by atoms with Crippen LogP contribution in [0.25, 0.3) is 0 Å². The summed E-state index contributed by atoms with van der Waals surface area (Å²) < 4.78 is 0.639. The maximum absolute atomic E-state index is 8.67. The average Bonchev–Trinajstić information content (AvgIpc) is 2.19. The van der Waals surface area contributed by atoms with Crippen molar-refractivity contribution < 1.29 is 0 Å². The second-order valence-electron chi connectivity index (χ2n) is 2.78. The number of guanidine groups is 2. The molecule has 6 nitrogen and oxygen atoms in total. The van der Waals surface area contributed by atoms with Gasteiger partial charge in [0, 0.05) is 4.47 Å². The highest BCUT2D eigenvalue weighted by Gasteiger charge is 2.00. The summed E-state index contributed by atoms with van der Waals surface area (Å²) in [7, 11) is 0. The van der Waals surface area contributed by atoms with E-state index >= 15 is 0 Å². The molecule has 0 aliphatic heterocycles. The second kappa shape index (κ2) is 6.73. The lowest BCUT2D eigenvalue weighted by Gasteiger charge is -1.99. The molecule has 90 valence electrons. The first-order valence-electron chi connectivity index (χ1n) is 4.16. The van der Waals surface area contributed by atoms with Crippen LogP contribution in [0.2, 0.25) is 0 Å². The summed E-state index contributed by atoms with van der Waals surface area (Å²) in [5.74, 6) is -0.212. The molecule has 0 atom stereocenters. The first kappa shape index (κ1) is 15.2. The molecule has 17 heavy (non-hydrogen) atoms. The monoisotopic (exact) mass is 316 g/mol. The van der Waals surface area contributed by atoms with Gasteiger partial charge in [-0.25, -0.2) is 4.99 Å². The molecule has 8 heteroatoms. The predicted octanol–water partition coefficient (Wildman–Crippen LogP) is 0.962. The van der Waals surface area contributed by atoms with Gasteiger partial charge in [0.05, 0.1) is 17.3 Å². The molecule has 6 N–H and O–H groups in total. The summed E-state index contributed by atoms with van der Waals surface area (Å²) >= 11 is 3.26. The Morgan fingerprint density at radius 1 is 1.29 bits per heavy atom. The van der Waals surface area contributed by atoms with Crippen LogP contribution in [0.15, 0.2) is 32.7 Å². The van der Waals surface area contributed by atoms with E-state index in [1.54, 1.807) is 18.2 Å². The van der Waals surface area contributed by atoms with Gasteiger partial charge in [-0.3, -0.25) is 0 Å². The summed E-state index contributed by atoms with van der Waals surface area (Å²) in [5.41, 5.74) is 16.8. The Bertz CT molecular complexity index is 501. The smallest absolute Gasteiger partial charge is 0.223 e. The van der Waals surface area contributed by atoms with Gasteiger partial charge in [-0.05, 0) is 34.1 Å². The Balaban J connectivity index is 0.00000256. The maximum Gasteiger partial charge on any atom is 0.223 e. The summed E-state index contributed by atoms with van der Waals surface area (Å²) in [4.78, 5) is 7.54. The molecule has 0 radical (unpaired) electrons. The number of nitrogens with two attached hydrogens (primary N) is 3. The minimum absolute atomic E-state index is 0. The molecule has 0 spiro atoms. The van der Waals surface area contributed by atoms with Crippen LogP contribution < -0.4 is 17.2 Å². The van der Waals surface area contributed by atoms with E-state index in [1.807, 2.05) is 6.07 Å². The molecule has 1 aromatic rings. The van der Waals surface area contributed by atoms with Crippen LogP contribution in [0.4, 0.5) is 5.69 Å². The number of rotatable bonds is 1. The standard InChI is InChI=1S/C9H9BrN6.ClH/c10-6-3-5(4-11)1-2-7(6)15-9(14)16-8(12)13;/h1-3H,(H6,12,13,14,15,16);1H. The fourth-order valence-corrected chi connectivity index (χ4v) is 1.42. The largest absolute Gasteiger partial charge is 0.370 e. The van der Waals surface area contributed by atoms with E-state index in [4.69, 9.17) is 22.5 Å². The highest BCUT2D eigenvalue weighted by atomic mass is 79.9. The normalized spacial score (nSPS) is 10.0. The van der Waals surface area contributed by atoms with Gasteiger partial charge >= 0.3 is 0 Å². The van der Waals surface area contributed by atoms with Crippen molar-refractivity contribution in [2.45, 2.75) is 0 Å². The zero-order chi connectivity index (χ0) is 12.1. The molecule has 1 rings (SSSR count). The topological polar surface area (TPSA) is 127 Å². The van der Waals surface area contributed by atoms with E-state index in [2.05, 4.69) is 25.9 Å². The lowest BCUT2D eigenvalue weighted by Crippen LogP contribution is -2.26. The van der Waals surface area contributed by atoms with E-state index in [-0.39, 0.29) is 24.3 Å². The van der Waals surface area contributed by atoms with Gasteiger partial charge < -0.3 is 17.2 Å². The van der Waals surface area contributed by atoms with Crippen molar-refractivity contribution in [2.24, 2.45) is 27.2 Å². The quantitative estimate of drug-likeness (QED) is 0.526. The Labute approximate surface area is 113 Å². The lowest BCUT2D eigenvalue weighted by atomic mass is 10.2. The molecule has 0 saturated carbocycles. The Kier molecular flexibility index (Phi) is 6.02. The summed E-state index contributed by atoms with van der Waals surface area (Å²) in [6.45, 7) is 0. The van der Waals surface area contributed by atoms with Crippen molar-refractivity contribution in [1.82, 2.24) is 0 Å². The molecule has 0 amide bonds. The van der Waals surface area contributed by atoms with Crippen molar-refractivity contribution >= 4 is 45.9 Å². The van der Waals surface area contributed by atoms with E-state index < -0.39 is 0 Å². The highest BCUT2D eigenvalue weighted by Crippen LogP contribution is 2.26. The second-order valence-corrected chi connectivity index (χ2v) is 3.64. The molecule has 1 aromatic carbocycles. The van der Waals surface area contributed by atoms with Crippen LogP contribution in [-0.4, -0.2) is 11.9 Å². The maximum atomic E-state index is 8.67. The van der Waals surface area contributed by atoms with Crippen LogP contribution in [0.3, 0.4) is 0 Å². The minimum atomic E-state index is -0.161. The summed E-state index contributed by atoms with van der Waals surface area (Å²) in [6.07, 6.45) is 0. The number of benzene rings is 1. The average molecular weight is 318 g/mol. The third-order valence-corrected chi connectivity index (χ3v) is 2.19. The Hall–Kier alpha value is -1.78. The zero-order valence-corrected chi connectivity index (χ0v) is 11.0. The zero-order valence-electron chi connectivity index (χ0n) is 8.59. The molecule has 0 aliphatic rings. The molecular formula is C9H10BrClN6. The first-order valence-corrected chi connectivity index (χ1v) is 4.95. The molecule has 0 unspecified atom stereocenters. The van der Waals surface area contributed by atoms with Crippen molar-refractivity contribution in [2.75, 3.05) is 0 Å². The number of nitrogens with zero attached hydrogens (tertiary/aromatic N) is 3. The molecule has 0 bridgehead atoms. The van der Waals surface area contributed by atoms with E-state index in [0.717, 1.165) is 0 Å². The first-order chi connectivity index (χ1) is 7.52. The van der Waals surface area contributed by atoms with Gasteiger partial charge in [0.25, 0.3) is 0 Å². The Morgan fingerprint density at radius 2 is 1.94 bits per heavy atom. The van der Waals surface area contributed by atoms with Crippen molar-refractivity contribution in [3.05, 3.63) is 28.2 Å². The van der Waals surface area contributed by atoms with Gasteiger partial charge in [0.15, 0.2) is 5.96 Å². The van der Waals surface area contributed by atoms with Crippen LogP contribution in [0, 0.1) is 11.3 Å². The van der Waals surface area contributed by atoms with Crippen LogP contribution in [0.1, 0.15) is 5.56 Å². The lowest BCUT2D eigenvalue weighted by molar-refractivity contribution is 1.37. The molecular weight excluding hydrogens is 307 g/mol. The van der Waals surface area contributed by atoms with E-state index in [0.29, 0.717) is 15.7 Å². The van der Waals surface area contributed by atoms with Crippen molar-refractivity contribution in [1.29, 1.82) is 5.26 Å². The minimum Gasteiger partial charge on any atom is -0.370 e. The molecule has 0 fully saturated rings. The van der Waals surface area contributed by atoms with Crippen LogP contribution in [0.5, 0.6) is 0 Å². The van der Waals surface area contributed by atoms with Gasteiger partial charge in [0.2, 0.25) is 5.96 Å².